The van der Waals surface area contributed by atoms with Crippen LogP contribution in [-0.2, 0) is 11.3 Å². The van der Waals surface area contributed by atoms with E-state index in [1.807, 2.05) is 36.5 Å². The summed E-state index contributed by atoms with van der Waals surface area (Å²) in [7, 11) is 0. The first-order valence-corrected chi connectivity index (χ1v) is 8.64. The number of nitrogens with one attached hydrogen (secondary N) is 1. The Hall–Kier alpha value is -2.79. The summed E-state index contributed by atoms with van der Waals surface area (Å²) in [5, 5.41) is 7.70. The second-order valence-electron chi connectivity index (χ2n) is 6.37. The molecule has 0 aliphatic rings. The number of carbonyl (C=O) groups excluding carboxylic acids is 1. The molecule has 3 rings (SSSR count). The predicted molar refractivity (Wildman–Crippen MR) is 102 cm³/mol. The van der Waals surface area contributed by atoms with Crippen LogP contribution in [0.3, 0.4) is 0 Å². The molecule has 0 aliphatic heterocycles. The van der Waals surface area contributed by atoms with Crippen LogP contribution in [0.25, 0.3) is 5.69 Å². The summed E-state index contributed by atoms with van der Waals surface area (Å²) in [6, 6.07) is 16.7. The monoisotopic (exact) mass is 369 g/mol. The summed E-state index contributed by atoms with van der Waals surface area (Å²) in [6.45, 7) is 3.85. The SMILES string of the molecule is CC(C)(Oc1cccc(Cl)c1)C(=O)NCc1cccc(-n2cccn2)c1. The number of hydrogen-bond acceptors (Lipinski definition) is 3. The van der Waals surface area contributed by atoms with Gasteiger partial charge in [0.1, 0.15) is 5.75 Å². The predicted octanol–water partition coefficient (Wildman–Crippen LogP) is 4.00. The van der Waals surface area contributed by atoms with Crippen molar-refractivity contribution in [2.24, 2.45) is 0 Å². The number of halogens is 1. The highest BCUT2D eigenvalue weighted by molar-refractivity contribution is 6.30. The summed E-state index contributed by atoms with van der Waals surface area (Å²) in [4.78, 5) is 12.6. The van der Waals surface area contributed by atoms with Crippen LogP contribution < -0.4 is 10.1 Å². The van der Waals surface area contributed by atoms with Crippen molar-refractivity contribution >= 4 is 17.5 Å². The van der Waals surface area contributed by atoms with E-state index in [0.29, 0.717) is 17.3 Å². The van der Waals surface area contributed by atoms with Gasteiger partial charge in [0.25, 0.3) is 5.91 Å². The third kappa shape index (κ3) is 4.43. The molecule has 2 aromatic carbocycles. The standard InChI is InChI=1S/C20H20ClN3O2/c1-20(2,26-18-9-4-7-16(21)13-18)19(25)22-14-15-6-3-8-17(12-15)24-11-5-10-23-24/h3-13H,14H2,1-2H3,(H,22,25). The van der Waals surface area contributed by atoms with Crippen molar-refractivity contribution in [1.29, 1.82) is 0 Å². The van der Waals surface area contributed by atoms with Crippen molar-refractivity contribution in [1.82, 2.24) is 15.1 Å². The summed E-state index contributed by atoms with van der Waals surface area (Å²) >= 11 is 5.96. The summed E-state index contributed by atoms with van der Waals surface area (Å²) < 4.78 is 7.58. The van der Waals surface area contributed by atoms with Crippen LogP contribution in [0.4, 0.5) is 0 Å². The summed E-state index contributed by atoms with van der Waals surface area (Å²) in [6.07, 6.45) is 3.60. The Bertz CT molecular complexity index is 892. The first kappa shape index (κ1) is 18.0. The number of amides is 1. The van der Waals surface area contributed by atoms with E-state index in [0.717, 1.165) is 11.3 Å². The van der Waals surface area contributed by atoms with Crippen LogP contribution in [0, 0.1) is 0 Å². The van der Waals surface area contributed by atoms with Gasteiger partial charge in [-0.1, -0.05) is 29.8 Å². The number of rotatable bonds is 6. The van der Waals surface area contributed by atoms with Gasteiger partial charge in [0.05, 0.1) is 5.69 Å². The van der Waals surface area contributed by atoms with E-state index in [-0.39, 0.29) is 5.91 Å². The summed E-state index contributed by atoms with van der Waals surface area (Å²) in [5.74, 6) is 0.347. The van der Waals surface area contributed by atoms with Crippen molar-refractivity contribution in [2.75, 3.05) is 0 Å². The van der Waals surface area contributed by atoms with E-state index in [2.05, 4.69) is 10.4 Å². The molecule has 0 saturated heterocycles. The lowest BCUT2D eigenvalue weighted by Gasteiger charge is -2.25. The third-order valence-corrected chi connectivity index (χ3v) is 4.08. The molecule has 0 radical (unpaired) electrons. The number of carbonyl (C=O) groups is 1. The molecule has 0 aliphatic carbocycles. The van der Waals surface area contributed by atoms with Crippen LogP contribution in [0.1, 0.15) is 19.4 Å². The van der Waals surface area contributed by atoms with Gasteiger partial charge in [-0.2, -0.15) is 5.10 Å². The normalized spacial score (nSPS) is 11.2. The van der Waals surface area contributed by atoms with Gasteiger partial charge >= 0.3 is 0 Å². The zero-order valence-corrected chi connectivity index (χ0v) is 15.4. The molecule has 1 heterocycles. The largest absolute Gasteiger partial charge is 0.478 e. The fourth-order valence-electron chi connectivity index (χ4n) is 2.50. The Labute approximate surface area is 157 Å². The fourth-order valence-corrected chi connectivity index (χ4v) is 2.68. The van der Waals surface area contributed by atoms with E-state index in [9.17, 15) is 4.79 Å². The number of ether oxygens (including phenoxy) is 1. The Kier molecular flexibility index (Phi) is 5.28. The minimum atomic E-state index is -1.02. The number of aromatic nitrogens is 2. The van der Waals surface area contributed by atoms with E-state index < -0.39 is 5.60 Å². The van der Waals surface area contributed by atoms with Crippen LogP contribution in [0.15, 0.2) is 67.0 Å². The molecule has 0 unspecified atom stereocenters. The Balaban J connectivity index is 1.63. The van der Waals surface area contributed by atoms with Crippen molar-refractivity contribution in [2.45, 2.75) is 26.0 Å². The van der Waals surface area contributed by atoms with Gasteiger partial charge in [-0.3, -0.25) is 4.79 Å². The van der Waals surface area contributed by atoms with Gasteiger partial charge in [-0.25, -0.2) is 4.68 Å². The molecule has 0 fully saturated rings. The number of hydrogen-bond donors (Lipinski definition) is 1. The van der Waals surface area contributed by atoms with Gasteiger partial charge in [0.2, 0.25) is 0 Å². The maximum atomic E-state index is 12.6. The second-order valence-corrected chi connectivity index (χ2v) is 6.81. The van der Waals surface area contributed by atoms with Crippen molar-refractivity contribution in [3.63, 3.8) is 0 Å². The molecule has 5 nitrogen and oxygen atoms in total. The highest BCUT2D eigenvalue weighted by Gasteiger charge is 2.29. The lowest BCUT2D eigenvalue weighted by atomic mass is 10.1. The average Bonchev–Trinajstić information content (AvgIpc) is 3.14. The number of nitrogens with zero attached hydrogens (tertiary/aromatic N) is 2. The minimum absolute atomic E-state index is 0.207. The zero-order valence-electron chi connectivity index (χ0n) is 14.6. The van der Waals surface area contributed by atoms with E-state index in [1.165, 1.54) is 0 Å². The molecule has 0 atom stereocenters. The molecule has 1 N–H and O–H groups in total. The van der Waals surface area contributed by atoms with Gasteiger partial charge in [0, 0.05) is 24.0 Å². The van der Waals surface area contributed by atoms with Gasteiger partial charge in [-0.15, -0.1) is 0 Å². The van der Waals surface area contributed by atoms with Crippen LogP contribution >= 0.6 is 11.6 Å². The molecule has 6 heteroatoms. The molecule has 0 spiro atoms. The quantitative estimate of drug-likeness (QED) is 0.714. The highest BCUT2D eigenvalue weighted by Crippen LogP contribution is 2.22. The third-order valence-electron chi connectivity index (χ3n) is 3.85. The first-order valence-electron chi connectivity index (χ1n) is 8.26. The Morgan fingerprint density at radius 2 is 2.00 bits per heavy atom. The molecule has 1 aromatic heterocycles. The van der Waals surface area contributed by atoms with Crippen molar-refractivity contribution in [3.8, 4) is 11.4 Å². The van der Waals surface area contributed by atoms with Crippen LogP contribution in [-0.4, -0.2) is 21.3 Å². The molecule has 0 saturated carbocycles. The Morgan fingerprint density at radius 1 is 1.19 bits per heavy atom. The van der Waals surface area contributed by atoms with Gasteiger partial charge < -0.3 is 10.1 Å². The molecular formula is C20H20ClN3O2. The van der Waals surface area contributed by atoms with E-state index in [4.69, 9.17) is 16.3 Å². The lowest BCUT2D eigenvalue weighted by Crippen LogP contribution is -2.46. The lowest BCUT2D eigenvalue weighted by molar-refractivity contribution is -0.134. The van der Waals surface area contributed by atoms with Crippen molar-refractivity contribution < 1.29 is 9.53 Å². The molecule has 26 heavy (non-hydrogen) atoms. The van der Waals surface area contributed by atoms with E-state index >= 15 is 0 Å². The topological polar surface area (TPSA) is 56.1 Å². The maximum Gasteiger partial charge on any atom is 0.263 e. The molecule has 1 amide bonds. The molecular weight excluding hydrogens is 350 g/mol. The fraction of sp³-hybridized carbons (Fsp3) is 0.200. The molecule has 3 aromatic rings. The summed E-state index contributed by atoms with van der Waals surface area (Å²) in [5.41, 5.74) is 0.894. The zero-order chi connectivity index (χ0) is 18.6. The van der Waals surface area contributed by atoms with Crippen molar-refractivity contribution in [3.05, 3.63) is 77.6 Å². The first-order chi connectivity index (χ1) is 12.4. The van der Waals surface area contributed by atoms with Crippen LogP contribution in [0.5, 0.6) is 5.75 Å². The van der Waals surface area contributed by atoms with Gasteiger partial charge in [0.15, 0.2) is 5.60 Å². The number of benzene rings is 2. The van der Waals surface area contributed by atoms with E-state index in [1.54, 1.807) is 49.0 Å². The average molecular weight is 370 g/mol. The molecule has 0 bridgehead atoms. The maximum absolute atomic E-state index is 12.6. The Morgan fingerprint density at radius 3 is 2.73 bits per heavy atom. The van der Waals surface area contributed by atoms with Crippen LogP contribution in [0.2, 0.25) is 5.02 Å². The second kappa shape index (κ2) is 7.62. The minimum Gasteiger partial charge on any atom is -0.478 e. The molecule has 134 valence electrons. The van der Waals surface area contributed by atoms with Gasteiger partial charge in [-0.05, 0) is 55.8 Å². The smallest absolute Gasteiger partial charge is 0.263 e. The highest BCUT2D eigenvalue weighted by atomic mass is 35.5.